The highest BCUT2D eigenvalue weighted by atomic mass is 32.1. The molecule has 0 radical (unpaired) electrons. The Morgan fingerprint density at radius 3 is 3.00 bits per heavy atom. The van der Waals surface area contributed by atoms with E-state index in [4.69, 9.17) is 10.6 Å². The normalized spacial score (nSPS) is 11.8. The number of hydrogen-bond donors (Lipinski definition) is 1. The smallest absolute Gasteiger partial charge is 0.204 e. The number of aromatic nitrogens is 5. The fourth-order valence-corrected chi connectivity index (χ4v) is 2.76. The van der Waals surface area contributed by atoms with Gasteiger partial charge in [-0.15, -0.1) is 16.4 Å². The molecule has 8 nitrogen and oxygen atoms in total. The molecule has 0 aliphatic rings. The van der Waals surface area contributed by atoms with Gasteiger partial charge in [0, 0.05) is 16.3 Å². The van der Waals surface area contributed by atoms with Crippen molar-refractivity contribution in [3.63, 3.8) is 0 Å². The van der Waals surface area contributed by atoms with Gasteiger partial charge in [-0.25, -0.2) is 4.98 Å². The van der Waals surface area contributed by atoms with Crippen molar-refractivity contribution in [2.75, 3.05) is 5.73 Å². The van der Waals surface area contributed by atoms with Crippen molar-refractivity contribution in [2.24, 2.45) is 5.16 Å². The minimum Gasteiger partial charge on any atom is -0.387 e. The number of anilines is 1. The maximum Gasteiger partial charge on any atom is 0.204 e. The largest absolute Gasteiger partial charge is 0.387 e. The number of nitrogens with two attached hydrogens (primary N) is 1. The third kappa shape index (κ3) is 3.06. The van der Waals surface area contributed by atoms with Gasteiger partial charge in [-0.1, -0.05) is 5.16 Å². The van der Waals surface area contributed by atoms with Crippen LogP contribution in [0.1, 0.15) is 17.1 Å². The Kier molecular flexibility index (Phi) is 3.88. The van der Waals surface area contributed by atoms with E-state index in [1.54, 1.807) is 18.3 Å². The number of thiophene rings is 1. The molecule has 3 rings (SSSR count). The van der Waals surface area contributed by atoms with E-state index < -0.39 is 0 Å². The van der Waals surface area contributed by atoms with Gasteiger partial charge in [-0.2, -0.15) is 16.0 Å². The third-order valence-electron chi connectivity index (χ3n) is 2.54. The molecular weight excluding hydrogens is 310 g/mol. The Morgan fingerprint density at radius 1 is 1.48 bits per heavy atom. The molecule has 3 heterocycles. The summed E-state index contributed by atoms with van der Waals surface area (Å²) in [6.07, 6.45) is 0. The number of aryl methyl sites for hydroxylation is 1. The standard InChI is InChI=1S/C11H11N7OS2/c1-7-14-16-17-18(7)10(8-2-3-20-5-8)15-19-4-9-6-21-11(12)13-9/h2-3,5-6H,4H2,1H3,(H2,12,13). The van der Waals surface area contributed by atoms with Crippen LogP contribution < -0.4 is 5.73 Å². The van der Waals surface area contributed by atoms with Gasteiger partial charge in [-0.05, 0) is 28.8 Å². The Balaban J connectivity index is 1.82. The number of nitrogens with zero attached hydrogens (tertiary/aromatic N) is 6. The van der Waals surface area contributed by atoms with Crippen molar-refractivity contribution >= 4 is 33.6 Å². The molecule has 0 saturated carbocycles. The summed E-state index contributed by atoms with van der Waals surface area (Å²) < 4.78 is 1.53. The fourth-order valence-electron chi connectivity index (χ4n) is 1.58. The van der Waals surface area contributed by atoms with Crippen molar-refractivity contribution < 1.29 is 4.84 Å². The van der Waals surface area contributed by atoms with E-state index in [9.17, 15) is 0 Å². The molecule has 0 aromatic carbocycles. The first kappa shape index (κ1) is 13.6. The van der Waals surface area contributed by atoms with Crippen LogP contribution in [0.25, 0.3) is 0 Å². The van der Waals surface area contributed by atoms with Gasteiger partial charge >= 0.3 is 0 Å². The van der Waals surface area contributed by atoms with Gasteiger partial charge in [0.1, 0.15) is 0 Å². The lowest BCUT2D eigenvalue weighted by Crippen LogP contribution is -2.17. The van der Waals surface area contributed by atoms with Crippen LogP contribution in [0.2, 0.25) is 0 Å². The summed E-state index contributed by atoms with van der Waals surface area (Å²) in [5.41, 5.74) is 7.19. The number of oxime groups is 1. The molecule has 3 aromatic rings. The first-order chi connectivity index (χ1) is 10.2. The van der Waals surface area contributed by atoms with Crippen LogP contribution in [0.5, 0.6) is 0 Å². The summed E-state index contributed by atoms with van der Waals surface area (Å²) in [6.45, 7) is 2.03. The van der Waals surface area contributed by atoms with E-state index >= 15 is 0 Å². The Bertz CT molecular complexity index is 746. The minimum absolute atomic E-state index is 0.239. The van der Waals surface area contributed by atoms with E-state index in [1.807, 2.05) is 22.2 Å². The van der Waals surface area contributed by atoms with Crippen LogP contribution in [0.4, 0.5) is 5.13 Å². The first-order valence-corrected chi connectivity index (χ1v) is 7.74. The van der Waals surface area contributed by atoms with Gasteiger partial charge in [0.05, 0.1) is 5.69 Å². The number of nitrogen functional groups attached to an aromatic ring is 1. The molecule has 0 saturated heterocycles. The molecule has 10 heteroatoms. The molecule has 21 heavy (non-hydrogen) atoms. The molecule has 0 bridgehead atoms. The quantitative estimate of drug-likeness (QED) is 0.444. The minimum atomic E-state index is 0.239. The fraction of sp³-hybridized carbons (Fsp3) is 0.182. The molecular formula is C11H11N7OS2. The summed E-state index contributed by atoms with van der Waals surface area (Å²) in [6, 6.07) is 1.93. The molecule has 0 spiro atoms. The zero-order valence-electron chi connectivity index (χ0n) is 11.0. The Labute approximate surface area is 127 Å². The highest BCUT2D eigenvalue weighted by molar-refractivity contribution is 7.13. The van der Waals surface area contributed by atoms with Crippen LogP contribution in [-0.2, 0) is 11.4 Å². The second-order valence-corrected chi connectivity index (χ2v) is 5.69. The molecule has 108 valence electrons. The van der Waals surface area contributed by atoms with Crippen molar-refractivity contribution in [3.05, 3.63) is 39.3 Å². The second-order valence-electron chi connectivity index (χ2n) is 4.02. The average molecular weight is 321 g/mol. The van der Waals surface area contributed by atoms with E-state index in [2.05, 4.69) is 25.7 Å². The van der Waals surface area contributed by atoms with E-state index in [0.717, 1.165) is 11.3 Å². The van der Waals surface area contributed by atoms with Crippen LogP contribution >= 0.6 is 22.7 Å². The summed E-state index contributed by atoms with van der Waals surface area (Å²) in [5.74, 6) is 1.16. The summed E-state index contributed by atoms with van der Waals surface area (Å²) in [5, 5.41) is 21.8. The number of hydrogen-bond acceptors (Lipinski definition) is 9. The molecule has 3 aromatic heterocycles. The van der Waals surface area contributed by atoms with E-state index in [0.29, 0.717) is 16.8 Å². The zero-order valence-corrected chi connectivity index (χ0v) is 12.6. The summed E-state index contributed by atoms with van der Waals surface area (Å²) in [4.78, 5) is 9.47. The molecule has 0 fully saturated rings. The number of thiazole rings is 1. The van der Waals surface area contributed by atoms with Crippen molar-refractivity contribution in [3.8, 4) is 0 Å². The lowest BCUT2D eigenvalue weighted by Gasteiger charge is -2.04. The molecule has 2 N–H and O–H groups in total. The van der Waals surface area contributed by atoms with Gasteiger partial charge in [0.15, 0.2) is 17.6 Å². The van der Waals surface area contributed by atoms with Gasteiger partial charge < -0.3 is 10.6 Å². The molecule has 0 atom stereocenters. The van der Waals surface area contributed by atoms with Crippen molar-refractivity contribution in [1.29, 1.82) is 0 Å². The van der Waals surface area contributed by atoms with Gasteiger partial charge in [0.25, 0.3) is 0 Å². The van der Waals surface area contributed by atoms with Crippen LogP contribution in [0.15, 0.2) is 27.4 Å². The highest BCUT2D eigenvalue weighted by Gasteiger charge is 2.13. The lowest BCUT2D eigenvalue weighted by molar-refractivity contribution is 0.127. The average Bonchev–Trinajstić information content (AvgIpc) is 3.18. The SMILES string of the molecule is Cc1nnnn1C(=NOCc1csc(N)n1)c1ccsc1. The first-order valence-electron chi connectivity index (χ1n) is 5.92. The predicted molar refractivity (Wildman–Crippen MR) is 80.1 cm³/mol. The highest BCUT2D eigenvalue weighted by Crippen LogP contribution is 2.13. The van der Waals surface area contributed by atoms with Crippen LogP contribution in [-0.4, -0.2) is 31.0 Å². The topological polar surface area (TPSA) is 104 Å². The van der Waals surface area contributed by atoms with Gasteiger partial charge in [-0.3, -0.25) is 0 Å². The number of rotatable bonds is 4. The lowest BCUT2D eigenvalue weighted by atomic mass is 10.3. The monoisotopic (exact) mass is 321 g/mol. The van der Waals surface area contributed by atoms with Crippen LogP contribution in [0.3, 0.4) is 0 Å². The maximum absolute atomic E-state index is 5.57. The Morgan fingerprint density at radius 2 is 2.38 bits per heavy atom. The van der Waals surface area contributed by atoms with Gasteiger partial charge in [0.2, 0.25) is 5.84 Å². The number of tetrazole rings is 1. The van der Waals surface area contributed by atoms with Crippen molar-refractivity contribution in [2.45, 2.75) is 13.5 Å². The van der Waals surface area contributed by atoms with E-state index in [1.165, 1.54) is 16.0 Å². The second kappa shape index (κ2) is 5.97. The molecule has 0 aliphatic carbocycles. The zero-order chi connectivity index (χ0) is 14.7. The predicted octanol–water partition coefficient (Wildman–Crippen LogP) is 1.51. The third-order valence-corrected chi connectivity index (χ3v) is 3.94. The molecule has 0 aliphatic heterocycles. The summed E-state index contributed by atoms with van der Waals surface area (Å²) >= 11 is 2.92. The molecule has 0 amide bonds. The maximum atomic E-state index is 5.57. The Hall–Kier alpha value is -2.33. The van der Waals surface area contributed by atoms with Crippen molar-refractivity contribution in [1.82, 2.24) is 25.2 Å². The van der Waals surface area contributed by atoms with Crippen LogP contribution in [0, 0.1) is 6.92 Å². The van der Waals surface area contributed by atoms with E-state index in [-0.39, 0.29) is 6.61 Å². The summed E-state index contributed by atoms with van der Waals surface area (Å²) in [7, 11) is 0. The molecule has 0 unspecified atom stereocenters.